The fourth-order valence-electron chi connectivity index (χ4n) is 1.83. The summed E-state index contributed by atoms with van der Waals surface area (Å²) in [6.45, 7) is 5.57. The number of rotatable bonds is 5. The van der Waals surface area contributed by atoms with E-state index in [-0.39, 0.29) is 0 Å². The van der Waals surface area contributed by atoms with Crippen molar-refractivity contribution in [1.29, 1.82) is 5.26 Å². The maximum atomic E-state index is 9.25. The summed E-state index contributed by atoms with van der Waals surface area (Å²) in [5.41, 5.74) is 2.40. The number of hydrogen-bond donors (Lipinski definition) is 1. The van der Waals surface area contributed by atoms with E-state index in [0.29, 0.717) is 17.1 Å². The number of nitrogens with one attached hydrogen (secondary N) is 1. The topological polar surface area (TPSA) is 57.9 Å². The van der Waals surface area contributed by atoms with Crippen LogP contribution < -0.4 is 10.1 Å². The first-order chi connectivity index (χ1) is 9.74. The Balaban J connectivity index is 2.24. The number of nitrogens with zero attached hydrogens (tertiary/aromatic N) is 2. The molecule has 1 heterocycles. The van der Waals surface area contributed by atoms with Crippen LogP contribution in [0.2, 0.25) is 0 Å². The van der Waals surface area contributed by atoms with Crippen molar-refractivity contribution < 1.29 is 4.74 Å². The molecule has 0 fully saturated rings. The van der Waals surface area contributed by atoms with Crippen LogP contribution in [0.4, 0.5) is 0 Å². The highest BCUT2D eigenvalue weighted by Crippen LogP contribution is 2.27. The largest absolute Gasteiger partial charge is 0.454 e. The van der Waals surface area contributed by atoms with Crippen molar-refractivity contribution in [2.24, 2.45) is 0 Å². The lowest BCUT2D eigenvalue weighted by atomic mass is 10.1. The lowest BCUT2D eigenvalue weighted by Crippen LogP contribution is -2.11. The molecule has 0 unspecified atom stereocenters. The smallest absolute Gasteiger partial charge is 0.148 e. The van der Waals surface area contributed by atoms with Gasteiger partial charge in [0.15, 0.2) is 0 Å². The first kappa shape index (κ1) is 14.0. The number of ether oxygens (including phenoxy) is 1. The summed E-state index contributed by atoms with van der Waals surface area (Å²) in [7, 11) is 0. The standard InChI is InChI=1S/C16H17N3O/c1-3-18-11-13-6-7-16(14(9-13)10-17)20-15-5-4-8-19-12(15)2/h4-9,18H,3,11H2,1-2H3. The van der Waals surface area contributed by atoms with Crippen LogP contribution in [0.25, 0.3) is 0 Å². The third-order valence-electron chi connectivity index (χ3n) is 2.92. The van der Waals surface area contributed by atoms with E-state index in [1.54, 1.807) is 6.20 Å². The molecular formula is C16H17N3O. The summed E-state index contributed by atoms with van der Waals surface area (Å²) in [6.07, 6.45) is 1.72. The van der Waals surface area contributed by atoms with Crippen LogP contribution in [0.1, 0.15) is 23.7 Å². The molecule has 20 heavy (non-hydrogen) atoms. The van der Waals surface area contributed by atoms with Crippen molar-refractivity contribution in [2.75, 3.05) is 6.54 Å². The first-order valence-electron chi connectivity index (χ1n) is 6.57. The highest BCUT2D eigenvalue weighted by molar-refractivity contribution is 5.47. The second-order valence-corrected chi connectivity index (χ2v) is 4.41. The molecule has 0 saturated carbocycles. The molecule has 1 aromatic heterocycles. The average Bonchev–Trinajstić information content (AvgIpc) is 2.48. The van der Waals surface area contributed by atoms with Gasteiger partial charge in [0.25, 0.3) is 0 Å². The van der Waals surface area contributed by atoms with Gasteiger partial charge in [-0.2, -0.15) is 5.26 Å². The molecule has 4 nitrogen and oxygen atoms in total. The number of aromatic nitrogens is 1. The third-order valence-corrected chi connectivity index (χ3v) is 2.92. The van der Waals surface area contributed by atoms with Gasteiger partial charge < -0.3 is 10.1 Å². The van der Waals surface area contributed by atoms with Gasteiger partial charge in [0.1, 0.15) is 17.6 Å². The molecule has 0 atom stereocenters. The van der Waals surface area contributed by atoms with E-state index < -0.39 is 0 Å². The molecular weight excluding hydrogens is 250 g/mol. The van der Waals surface area contributed by atoms with E-state index >= 15 is 0 Å². The van der Waals surface area contributed by atoms with Gasteiger partial charge in [-0.25, -0.2) is 0 Å². The van der Waals surface area contributed by atoms with E-state index in [0.717, 1.165) is 24.3 Å². The number of benzene rings is 1. The molecule has 0 spiro atoms. The van der Waals surface area contributed by atoms with E-state index in [9.17, 15) is 5.26 Å². The van der Waals surface area contributed by atoms with E-state index in [2.05, 4.69) is 16.4 Å². The third kappa shape index (κ3) is 3.34. The Kier molecular flexibility index (Phi) is 4.70. The van der Waals surface area contributed by atoms with Crippen molar-refractivity contribution in [3.05, 3.63) is 53.3 Å². The van der Waals surface area contributed by atoms with Crippen LogP contribution in [0.5, 0.6) is 11.5 Å². The molecule has 1 aromatic carbocycles. The van der Waals surface area contributed by atoms with Crippen molar-refractivity contribution in [1.82, 2.24) is 10.3 Å². The Hall–Kier alpha value is -2.38. The first-order valence-corrected chi connectivity index (χ1v) is 6.57. The van der Waals surface area contributed by atoms with Crippen LogP contribution >= 0.6 is 0 Å². The number of aryl methyl sites for hydroxylation is 1. The Morgan fingerprint density at radius 1 is 1.30 bits per heavy atom. The van der Waals surface area contributed by atoms with E-state index in [1.807, 2.05) is 44.2 Å². The Morgan fingerprint density at radius 2 is 2.15 bits per heavy atom. The molecule has 1 N–H and O–H groups in total. The Morgan fingerprint density at radius 3 is 2.85 bits per heavy atom. The molecule has 0 aliphatic rings. The highest BCUT2D eigenvalue weighted by atomic mass is 16.5. The molecule has 0 saturated heterocycles. The van der Waals surface area contributed by atoms with Gasteiger partial charge in [0.05, 0.1) is 11.3 Å². The van der Waals surface area contributed by atoms with Crippen LogP contribution in [0, 0.1) is 18.3 Å². The second kappa shape index (κ2) is 6.69. The van der Waals surface area contributed by atoms with Gasteiger partial charge in [0, 0.05) is 12.7 Å². The second-order valence-electron chi connectivity index (χ2n) is 4.41. The minimum absolute atomic E-state index is 0.531. The van der Waals surface area contributed by atoms with Gasteiger partial charge in [-0.05, 0) is 43.3 Å². The highest BCUT2D eigenvalue weighted by Gasteiger charge is 2.08. The molecule has 2 aromatic rings. The van der Waals surface area contributed by atoms with Crippen LogP contribution in [0.3, 0.4) is 0 Å². The van der Waals surface area contributed by atoms with Crippen molar-refractivity contribution in [3.8, 4) is 17.6 Å². The number of hydrogen-bond acceptors (Lipinski definition) is 4. The zero-order chi connectivity index (χ0) is 14.4. The van der Waals surface area contributed by atoms with Crippen molar-refractivity contribution in [2.45, 2.75) is 20.4 Å². The molecule has 0 bridgehead atoms. The normalized spacial score (nSPS) is 10.1. The van der Waals surface area contributed by atoms with E-state index in [1.165, 1.54) is 0 Å². The fraction of sp³-hybridized carbons (Fsp3) is 0.250. The van der Waals surface area contributed by atoms with Gasteiger partial charge in [-0.1, -0.05) is 13.0 Å². The molecule has 2 rings (SSSR count). The minimum Gasteiger partial charge on any atom is -0.454 e. The predicted molar refractivity (Wildman–Crippen MR) is 77.6 cm³/mol. The summed E-state index contributed by atoms with van der Waals surface area (Å²) >= 11 is 0. The van der Waals surface area contributed by atoms with Crippen LogP contribution in [0.15, 0.2) is 36.5 Å². The summed E-state index contributed by atoms with van der Waals surface area (Å²) in [6, 6.07) is 11.5. The Labute approximate surface area is 119 Å². The quantitative estimate of drug-likeness (QED) is 0.904. The van der Waals surface area contributed by atoms with Crippen molar-refractivity contribution >= 4 is 0 Å². The zero-order valence-electron chi connectivity index (χ0n) is 11.7. The predicted octanol–water partition coefficient (Wildman–Crippen LogP) is 3.16. The number of pyridine rings is 1. The fourth-order valence-corrected chi connectivity index (χ4v) is 1.83. The summed E-state index contributed by atoms with van der Waals surface area (Å²) in [5, 5.41) is 12.5. The number of nitriles is 1. The summed E-state index contributed by atoms with van der Waals surface area (Å²) in [5.74, 6) is 1.23. The molecule has 0 aliphatic carbocycles. The summed E-state index contributed by atoms with van der Waals surface area (Å²) < 4.78 is 5.79. The lowest BCUT2D eigenvalue weighted by molar-refractivity contribution is 0.474. The Bertz CT molecular complexity index is 632. The molecule has 4 heteroatoms. The van der Waals surface area contributed by atoms with Crippen molar-refractivity contribution in [3.63, 3.8) is 0 Å². The average molecular weight is 267 g/mol. The molecule has 0 radical (unpaired) electrons. The van der Waals surface area contributed by atoms with E-state index in [4.69, 9.17) is 4.74 Å². The molecule has 0 amide bonds. The van der Waals surface area contributed by atoms with Crippen LogP contribution in [-0.4, -0.2) is 11.5 Å². The van der Waals surface area contributed by atoms with Crippen LogP contribution in [-0.2, 0) is 6.54 Å². The SMILES string of the molecule is CCNCc1ccc(Oc2cccnc2C)c(C#N)c1. The van der Waals surface area contributed by atoms with Gasteiger partial charge in [0.2, 0.25) is 0 Å². The molecule has 0 aliphatic heterocycles. The lowest BCUT2D eigenvalue weighted by Gasteiger charge is -2.10. The molecule has 102 valence electrons. The minimum atomic E-state index is 0.531. The summed E-state index contributed by atoms with van der Waals surface area (Å²) in [4.78, 5) is 4.17. The maximum Gasteiger partial charge on any atom is 0.148 e. The monoisotopic (exact) mass is 267 g/mol. The zero-order valence-corrected chi connectivity index (χ0v) is 11.7. The maximum absolute atomic E-state index is 9.25. The van der Waals surface area contributed by atoms with Gasteiger partial charge in [-0.15, -0.1) is 0 Å². The van der Waals surface area contributed by atoms with Gasteiger partial charge in [-0.3, -0.25) is 4.98 Å². The van der Waals surface area contributed by atoms with Gasteiger partial charge >= 0.3 is 0 Å².